The Bertz CT molecular complexity index is 125. The van der Waals surface area contributed by atoms with E-state index in [0.29, 0.717) is 6.54 Å². The summed E-state index contributed by atoms with van der Waals surface area (Å²) in [6, 6.07) is 0. The number of hydrogen-bond donors (Lipinski definition) is 1. The van der Waals surface area contributed by atoms with Gasteiger partial charge in [-0.25, -0.2) is 0 Å². The average Bonchev–Trinajstić information content (AvgIpc) is 2.05. The van der Waals surface area contributed by atoms with Crippen LogP contribution in [0.2, 0.25) is 0 Å². The lowest BCUT2D eigenvalue weighted by atomic mass is 10.2. The molecule has 0 aliphatic carbocycles. The number of hydrogen-bond acceptors (Lipinski definition) is 3. The van der Waals surface area contributed by atoms with Gasteiger partial charge in [0, 0.05) is 6.54 Å². The lowest BCUT2D eigenvalue weighted by Gasteiger charge is -2.16. The predicted molar refractivity (Wildman–Crippen MR) is 38.6 cm³/mol. The third-order valence-corrected chi connectivity index (χ3v) is 1.66. The fourth-order valence-electron chi connectivity index (χ4n) is 1.25. The molecule has 0 bridgehead atoms. The van der Waals surface area contributed by atoms with Crippen LogP contribution in [0.25, 0.3) is 0 Å². The predicted octanol–water partition coefficient (Wildman–Crippen LogP) is 0.485. The first-order chi connectivity index (χ1) is 4.55. The van der Waals surface area contributed by atoms with Crippen molar-refractivity contribution in [2.75, 3.05) is 6.54 Å². The summed E-state index contributed by atoms with van der Waals surface area (Å²) in [6.45, 7) is 6.31. The molecule has 0 spiro atoms. The Balaban J connectivity index is 2.52. The van der Waals surface area contributed by atoms with Crippen molar-refractivity contribution in [3.8, 4) is 0 Å². The van der Waals surface area contributed by atoms with Gasteiger partial charge < -0.3 is 15.2 Å². The first kappa shape index (κ1) is 7.98. The molecule has 1 aliphatic rings. The molecule has 1 aliphatic heterocycles. The van der Waals surface area contributed by atoms with Gasteiger partial charge in [-0.1, -0.05) is 0 Å². The monoisotopic (exact) mass is 145 g/mol. The Morgan fingerprint density at radius 1 is 1.40 bits per heavy atom. The summed E-state index contributed by atoms with van der Waals surface area (Å²) in [5.74, 6) is -0.441. The summed E-state index contributed by atoms with van der Waals surface area (Å²) in [7, 11) is 0. The maximum Gasteiger partial charge on any atom is 0.163 e. The van der Waals surface area contributed by atoms with E-state index in [1.807, 2.05) is 20.8 Å². The van der Waals surface area contributed by atoms with E-state index in [4.69, 9.17) is 15.2 Å². The van der Waals surface area contributed by atoms with Crippen LogP contribution in [0.5, 0.6) is 0 Å². The third kappa shape index (κ3) is 1.48. The van der Waals surface area contributed by atoms with Crippen molar-refractivity contribution in [3.63, 3.8) is 0 Å². The normalized spacial score (nSPS) is 38.4. The highest BCUT2D eigenvalue weighted by atomic mass is 16.7. The van der Waals surface area contributed by atoms with Gasteiger partial charge in [0.25, 0.3) is 0 Å². The molecule has 1 rings (SSSR count). The average molecular weight is 145 g/mol. The Morgan fingerprint density at radius 3 is 2.20 bits per heavy atom. The number of ether oxygens (including phenoxy) is 2. The van der Waals surface area contributed by atoms with E-state index in [1.165, 1.54) is 0 Å². The highest BCUT2D eigenvalue weighted by molar-refractivity contribution is 4.78. The quantitative estimate of drug-likeness (QED) is 0.584. The maximum absolute atomic E-state index is 5.46. The molecular weight excluding hydrogens is 130 g/mol. The fraction of sp³-hybridized carbons (Fsp3) is 1.00. The molecule has 0 aromatic carbocycles. The van der Waals surface area contributed by atoms with Crippen LogP contribution in [-0.4, -0.2) is 24.5 Å². The Labute approximate surface area is 61.5 Å². The molecule has 1 saturated heterocycles. The van der Waals surface area contributed by atoms with E-state index < -0.39 is 5.79 Å². The summed E-state index contributed by atoms with van der Waals surface area (Å²) in [5, 5.41) is 0. The molecule has 10 heavy (non-hydrogen) atoms. The molecule has 0 radical (unpaired) electrons. The summed E-state index contributed by atoms with van der Waals surface area (Å²) in [5.41, 5.74) is 5.44. The highest BCUT2D eigenvalue weighted by Gasteiger charge is 2.37. The molecule has 0 amide bonds. The van der Waals surface area contributed by atoms with Crippen molar-refractivity contribution in [3.05, 3.63) is 0 Å². The molecule has 3 heteroatoms. The molecule has 0 saturated carbocycles. The topological polar surface area (TPSA) is 44.5 Å². The second-order valence-electron chi connectivity index (χ2n) is 3.11. The van der Waals surface area contributed by atoms with Gasteiger partial charge in [0.1, 0.15) is 0 Å². The van der Waals surface area contributed by atoms with Crippen LogP contribution in [0.3, 0.4) is 0 Å². The number of rotatable bonds is 1. The van der Waals surface area contributed by atoms with Gasteiger partial charge >= 0.3 is 0 Å². The molecule has 60 valence electrons. The lowest BCUT2D eigenvalue weighted by Crippen LogP contribution is -2.28. The van der Waals surface area contributed by atoms with Crippen molar-refractivity contribution in [2.45, 2.75) is 38.8 Å². The van der Waals surface area contributed by atoms with Crippen LogP contribution in [0.4, 0.5) is 0 Å². The summed E-state index contributed by atoms with van der Waals surface area (Å²) in [6.07, 6.45) is 0.190. The van der Waals surface area contributed by atoms with Crippen molar-refractivity contribution in [1.82, 2.24) is 0 Å². The van der Waals surface area contributed by atoms with Crippen LogP contribution < -0.4 is 5.73 Å². The van der Waals surface area contributed by atoms with E-state index in [0.717, 1.165) is 0 Å². The minimum atomic E-state index is -0.441. The lowest BCUT2D eigenvalue weighted by molar-refractivity contribution is -0.144. The second kappa shape index (κ2) is 2.49. The van der Waals surface area contributed by atoms with E-state index in [-0.39, 0.29) is 12.2 Å². The molecule has 0 aromatic rings. The van der Waals surface area contributed by atoms with Crippen molar-refractivity contribution < 1.29 is 9.47 Å². The Morgan fingerprint density at radius 2 is 2.00 bits per heavy atom. The molecule has 1 fully saturated rings. The third-order valence-electron chi connectivity index (χ3n) is 1.66. The molecule has 2 N–H and O–H groups in total. The summed E-state index contributed by atoms with van der Waals surface area (Å²) >= 11 is 0. The molecular formula is C7H15NO2. The van der Waals surface area contributed by atoms with Crippen LogP contribution in [0.15, 0.2) is 0 Å². The zero-order valence-corrected chi connectivity index (χ0v) is 6.76. The van der Waals surface area contributed by atoms with Crippen molar-refractivity contribution in [1.29, 1.82) is 0 Å². The molecule has 0 aromatic heterocycles. The fourth-order valence-corrected chi connectivity index (χ4v) is 1.25. The minimum Gasteiger partial charge on any atom is -0.345 e. The molecule has 2 atom stereocenters. The van der Waals surface area contributed by atoms with Gasteiger partial charge in [-0.2, -0.15) is 0 Å². The smallest absolute Gasteiger partial charge is 0.163 e. The van der Waals surface area contributed by atoms with Crippen molar-refractivity contribution >= 4 is 0 Å². The van der Waals surface area contributed by atoms with Crippen LogP contribution >= 0.6 is 0 Å². The largest absolute Gasteiger partial charge is 0.345 e. The van der Waals surface area contributed by atoms with Crippen LogP contribution in [0, 0.1) is 0 Å². The van der Waals surface area contributed by atoms with Gasteiger partial charge in [0.05, 0.1) is 12.2 Å². The first-order valence-electron chi connectivity index (χ1n) is 3.61. The van der Waals surface area contributed by atoms with Crippen molar-refractivity contribution in [2.24, 2.45) is 5.73 Å². The van der Waals surface area contributed by atoms with E-state index in [2.05, 4.69) is 0 Å². The van der Waals surface area contributed by atoms with E-state index in [1.54, 1.807) is 0 Å². The van der Waals surface area contributed by atoms with Gasteiger partial charge in [-0.15, -0.1) is 0 Å². The highest BCUT2D eigenvalue weighted by Crippen LogP contribution is 2.26. The second-order valence-corrected chi connectivity index (χ2v) is 3.11. The van der Waals surface area contributed by atoms with E-state index in [9.17, 15) is 0 Å². The van der Waals surface area contributed by atoms with Crippen LogP contribution in [-0.2, 0) is 9.47 Å². The van der Waals surface area contributed by atoms with E-state index >= 15 is 0 Å². The zero-order chi connectivity index (χ0) is 7.78. The standard InChI is InChI=1S/C7H15NO2/c1-5-6(4-8)10-7(2,3)9-5/h5-6H,4,8H2,1-3H3/t5-,6?/m0/s1. The molecule has 1 unspecified atom stereocenters. The SMILES string of the molecule is C[C@@H]1OC(C)(C)OC1CN. The Hall–Kier alpha value is -0.120. The zero-order valence-electron chi connectivity index (χ0n) is 6.76. The van der Waals surface area contributed by atoms with Gasteiger partial charge in [-0.05, 0) is 20.8 Å². The van der Waals surface area contributed by atoms with Crippen LogP contribution in [0.1, 0.15) is 20.8 Å². The van der Waals surface area contributed by atoms with Gasteiger partial charge in [0.15, 0.2) is 5.79 Å². The maximum atomic E-state index is 5.46. The minimum absolute atomic E-state index is 0.0648. The summed E-state index contributed by atoms with van der Waals surface area (Å²) in [4.78, 5) is 0. The number of nitrogens with two attached hydrogens (primary N) is 1. The molecule has 1 heterocycles. The molecule has 3 nitrogen and oxygen atoms in total. The van der Waals surface area contributed by atoms with Gasteiger partial charge in [-0.3, -0.25) is 0 Å². The Kier molecular flexibility index (Phi) is 1.99. The van der Waals surface area contributed by atoms with Gasteiger partial charge in [0.2, 0.25) is 0 Å². The summed E-state index contributed by atoms with van der Waals surface area (Å²) < 4.78 is 10.9. The first-order valence-corrected chi connectivity index (χ1v) is 3.61.